The Morgan fingerprint density at radius 1 is 0.333 bits per heavy atom. The summed E-state index contributed by atoms with van der Waals surface area (Å²) in [6, 6.07) is 0. The van der Waals surface area contributed by atoms with E-state index in [1.54, 1.807) is 0 Å². The van der Waals surface area contributed by atoms with Crippen LogP contribution in [0.25, 0.3) is 0 Å². The van der Waals surface area contributed by atoms with Gasteiger partial charge in [0.1, 0.15) is 19.3 Å². The fourth-order valence-corrected chi connectivity index (χ4v) is 10.8. The standard InChI is InChI=1S/C62H120O17P2/c1-7-9-11-13-15-17-20-28-34-40-46-61(66)78-57(50-72-59(64)44-38-32-26-16-14-12-10-8-2)52-76-80(68,69)74-48-56(63)49-75-81(70,71)77-53-58(51-73-60(65)45-39-33-27-23-22-25-31-37-43-55(5)6)79-62(67)47-41-35-29-21-18-19-24-30-36-42-54(3)4/h54-58,63H,7-53H2,1-6H3,(H,68,69)(H,70,71)/t56-,57+,58+/m0/s1. The molecule has 3 N–H and O–H groups in total. The molecule has 0 aliphatic heterocycles. The summed E-state index contributed by atoms with van der Waals surface area (Å²) in [5.74, 6) is -0.677. The number of phosphoric ester groups is 2. The molecule has 0 aliphatic rings. The van der Waals surface area contributed by atoms with Crippen LogP contribution in [0.4, 0.5) is 0 Å². The van der Waals surface area contributed by atoms with Crippen LogP contribution in [-0.2, 0) is 65.4 Å². The lowest BCUT2D eigenvalue weighted by molar-refractivity contribution is -0.161. The van der Waals surface area contributed by atoms with E-state index >= 15 is 0 Å². The first kappa shape index (κ1) is 79.1. The average Bonchev–Trinajstić information content (AvgIpc) is 3.42. The first-order valence-corrected chi connectivity index (χ1v) is 35.5. The summed E-state index contributed by atoms with van der Waals surface area (Å²) < 4.78 is 67.8. The minimum atomic E-state index is -4.94. The number of hydrogen-bond acceptors (Lipinski definition) is 15. The zero-order valence-electron chi connectivity index (χ0n) is 52.1. The van der Waals surface area contributed by atoms with E-state index in [0.29, 0.717) is 25.7 Å². The molecule has 0 bridgehead atoms. The Morgan fingerprint density at radius 3 is 0.840 bits per heavy atom. The Labute approximate surface area is 492 Å². The molecule has 81 heavy (non-hydrogen) atoms. The highest BCUT2D eigenvalue weighted by atomic mass is 31.2. The van der Waals surface area contributed by atoms with Crippen molar-refractivity contribution in [3.8, 4) is 0 Å². The second-order valence-corrected chi connectivity index (χ2v) is 26.3. The van der Waals surface area contributed by atoms with Crippen molar-refractivity contribution in [1.29, 1.82) is 0 Å². The fraction of sp³-hybridized carbons (Fsp3) is 0.935. The minimum Gasteiger partial charge on any atom is -0.462 e. The van der Waals surface area contributed by atoms with Crippen molar-refractivity contribution < 1.29 is 80.2 Å². The molecule has 0 fully saturated rings. The van der Waals surface area contributed by atoms with Gasteiger partial charge in [-0.15, -0.1) is 0 Å². The number of carbonyl (C=O) groups is 4. The fourth-order valence-electron chi connectivity index (χ4n) is 9.18. The van der Waals surface area contributed by atoms with Crippen molar-refractivity contribution in [1.82, 2.24) is 0 Å². The first-order chi connectivity index (χ1) is 38.9. The molecule has 0 aromatic carbocycles. The summed E-state index contributed by atoms with van der Waals surface area (Å²) in [5.41, 5.74) is 0. The molecule has 0 aliphatic carbocycles. The first-order valence-electron chi connectivity index (χ1n) is 32.5. The van der Waals surface area contributed by atoms with E-state index in [-0.39, 0.29) is 25.7 Å². The second-order valence-electron chi connectivity index (χ2n) is 23.4. The van der Waals surface area contributed by atoms with E-state index in [1.807, 2.05) is 0 Å². The molecule has 0 saturated carbocycles. The smallest absolute Gasteiger partial charge is 0.462 e. The van der Waals surface area contributed by atoms with Crippen molar-refractivity contribution in [2.75, 3.05) is 39.6 Å². The van der Waals surface area contributed by atoms with Crippen LogP contribution in [0.3, 0.4) is 0 Å². The van der Waals surface area contributed by atoms with Gasteiger partial charge in [0, 0.05) is 25.7 Å². The van der Waals surface area contributed by atoms with Gasteiger partial charge in [0.05, 0.1) is 26.4 Å². The van der Waals surface area contributed by atoms with E-state index < -0.39 is 97.5 Å². The van der Waals surface area contributed by atoms with Gasteiger partial charge in [0.2, 0.25) is 0 Å². The molecule has 17 nitrogen and oxygen atoms in total. The van der Waals surface area contributed by atoms with Gasteiger partial charge >= 0.3 is 39.5 Å². The summed E-state index contributed by atoms with van der Waals surface area (Å²) in [5, 5.41) is 10.5. The zero-order chi connectivity index (χ0) is 60.1. The van der Waals surface area contributed by atoms with Crippen LogP contribution in [0.2, 0.25) is 0 Å². The number of aliphatic hydroxyl groups is 1. The number of hydrogen-bond donors (Lipinski definition) is 3. The predicted octanol–water partition coefficient (Wildman–Crippen LogP) is 16.9. The van der Waals surface area contributed by atoms with Crippen molar-refractivity contribution in [3.63, 3.8) is 0 Å². The van der Waals surface area contributed by atoms with Gasteiger partial charge in [-0.1, -0.05) is 253 Å². The number of ether oxygens (including phenoxy) is 4. The van der Waals surface area contributed by atoms with Gasteiger partial charge in [-0.2, -0.15) is 0 Å². The van der Waals surface area contributed by atoms with Gasteiger partial charge in [0.25, 0.3) is 0 Å². The van der Waals surface area contributed by atoms with Crippen LogP contribution < -0.4 is 0 Å². The predicted molar refractivity (Wildman–Crippen MR) is 321 cm³/mol. The maximum atomic E-state index is 13.0. The number of aliphatic hydroxyl groups excluding tert-OH is 1. The van der Waals surface area contributed by atoms with Gasteiger partial charge in [0.15, 0.2) is 12.2 Å². The SMILES string of the molecule is CCCCCCCCCCCCC(=O)O[C@H](COC(=O)CCCCCCCCCC)COP(=O)(O)OC[C@H](O)COP(=O)(O)OC[C@@H](COC(=O)CCCCCCCCCCC(C)C)OC(=O)CCCCCCCCCCCC(C)C. The van der Waals surface area contributed by atoms with Crippen molar-refractivity contribution in [2.24, 2.45) is 11.8 Å². The Morgan fingerprint density at radius 2 is 0.568 bits per heavy atom. The van der Waals surface area contributed by atoms with Crippen molar-refractivity contribution >= 4 is 39.5 Å². The lowest BCUT2D eigenvalue weighted by Gasteiger charge is -2.21. The molecule has 0 aromatic heterocycles. The maximum absolute atomic E-state index is 13.0. The Kier molecular flexibility index (Phi) is 53.4. The highest BCUT2D eigenvalue weighted by Gasteiger charge is 2.30. The summed E-state index contributed by atoms with van der Waals surface area (Å²) >= 11 is 0. The molecule has 0 aromatic rings. The molecule has 0 spiro atoms. The quantitative estimate of drug-likeness (QED) is 0.0222. The van der Waals surface area contributed by atoms with E-state index in [4.69, 9.17) is 37.0 Å². The third-order valence-corrected chi connectivity index (χ3v) is 16.1. The summed E-state index contributed by atoms with van der Waals surface area (Å²) in [6.45, 7) is 9.39. The second kappa shape index (κ2) is 54.7. The molecule has 2 unspecified atom stereocenters. The molecular formula is C62H120O17P2. The number of phosphoric acid groups is 2. The van der Waals surface area contributed by atoms with Gasteiger partial charge in [-0.05, 0) is 37.5 Å². The third-order valence-electron chi connectivity index (χ3n) is 14.2. The van der Waals surface area contributed by atoms with Crippen LogP contribution in [0.5, 0.6) is 0 Å². The highest BCUT2D eigenvalue weighted by molar-refractivity contribution is 7.47. The lowest BCUT2D eigenvalue weighted by atomic mass is 10.0. The summed E-state index contributed by atoms with van der Waals surface area (Å²) in [4.78, 5) is 72.0. The van der Waals surface area contributed by atoms with Gasteiger partial charge in [-0.25, -0.2) is 9.13 Å². The highest BCUT2D eigenvalue weighted by Crippen LogP contribution is 2.45. The van der Waals surface area contributed by atoms with Crippen LogP contribution >= 0.6 is 15.6 Å². The number of unbranched alkanes of at least 4 members (excludes halogenated alkanes) is 31. The summed E-state index contributed by atoms with van der Waals surface area (Å²) in [6.07, 6.45) is 36.2. The topological polar surface area (TPSA) is 237 Å². The largest absolute Gasteiger partial charge is 0.472 e. The Bertz CT molecular complexity index is 1600. The molecule has 0 saturated heterocycles. The normalized spacial score (nSPS) is 14.4. The molecule has 0 radical (unpaired) electrons. The third kappa shape index (κ3) is 56.9. The van der Waals surface area contributed by atoms with E-state index in [2.05, 4.69) is 41.5 Å². The molecular weight excluding hydrogens is 1080 g/mol. The van der Waals surface area contributed by atoms with Crippen molar-refractivity contribution in [2.45, 2.75) is 323 Å². The van der Waals surface area contributed by atoms with Crippen LogP contribution in [0.1, 0.15) is 305 Å². The van der Waals surface area contributed by atoms with Crippen LogP contribution in [0, 0.1) is 11.8 Å². The number of esters is 4. The monoisotopic (exact) mass is 1200 g/mol. The Balaban J connectivity index is 5.23. The van der Waals surface area contributed by atoms with Gasteiger partial charge in [-0.3, -0.25) is 37.3 Å². The average molecular weight is 1200 g/mol. The van der Waals surface area contributed by atoms with E-state index in [9.17, 15) is 43.2 Å². The zero-order valence-corrected chi connectivity index (χ0v) is 53.9. The van der Waals surface area contributed by atoms with E-state index in [0.717, 1.165) is 108 Å². The minimum absolute atomic E-state index is 0.105. The lowest BCUT2D eigenvalue weighted by Crippen LogP contribution is -2.30. The molecule has 0 rings (SSSR count). The molecule has 0 heterocycles. The van der Waals surface area contributed by atoms with Crippen LogP contribution in [0.15, 0.2) is 0 Å². The van der Waals surface area contributed by atoms with Crippen LogP contribution in [-0.4, -0.2) is 96.7 Å². The molecule has 5 atom stereocenters. The van der Waals surface area contributed by atoms with Crippen molar-refractivity contribution in [3.05, 3.63) is 0 Å². The Hall–Kier alpha value is -1.94. The molecule has 19 heteroatoms. The summed E-state index contributed by atoms with van der Waals surface area (Å²) in [7, 11) is -9.88. The number of carbonyl (C=O) groups excluding carboxylic acids is 4. The number of rotatable bonds is 61. The maximum Gasteiger partial charge on any atom is 0.472 e. The molecule has 0 amide bonds. The van der Waals surface area contributed by atoms with E-state index in [1.165, 1.54) is 116 Å². The molecule has 480 valence electrons. The van der Waals surface area contributed by atoms with Gasteiger partial charge < -0.3 is 33.8 Å².